The summed E-state index contributed by atoms with van der Waals surface area (Å²) in [5, 5.41) is 11.7. The van der Waals surface area contributed by atoms with Crippen molar-refractivity contribution in [3.63, 3.8) is 0 Å². The molecule has 0 saturated heterocycles. The molecule has 1 heterocycles. The van der Waals surface area contributed by atoms with Crippen molar-refractivity contribution in [2.75, 3.05) is 5.43 Å². The lowest BCUT2D eigenvalue weighted by Gasteiger charge is -2.05. The van der Waals surface area contributed by atoms with Crippen molar-refractivity contribution in [2.45, 2.75) is 27.7 Å². The summed E-state index contributed by atoms with van der Waals surface area (Å²) in [6.07, 6.45) is 0. The highest BCUT2D eigenvalue weighted by Crippen LogP contribution is 2.10. The second-order valence-electron chi connectivity index (χ2n) is 4.70. The maximum absolute atomic E-state index is 11.4. The van der Waals surface area contributed by atoms with Crippen molar-refractivity contribution >= 4 is 11.7 Å². The van der Waals surface area contributed by atoms with Gasteiger partial charge >= 0.3 is 0 Å². The molecule has 0 spiro atoms. The van der Waals surface area contributed by atoms with Crippen LogP contribution in [-0.2, 0) is 0 Å². The Bertz CT molecular complexity index is 718. The molecule has 6 heteroatoms. The second kappa shape index (κ2) is 5.64. The molecule has 1 aromatic heterocycles. The van der Waals surface area contributed by atoms with E-state index in [1.54, 1.807) is 6.92 Å². The summed E-state index contributed by atoms with van der Waals surface area (Å²) in [6.45, 7) is 7.61. The van der Waals surface area contributed by atoms with E-state index in [-0.39, 0.29) is 11.5 Å². The number of hydrogen-bond donors (Lipinski definition) is 2. The fourth-order valence-electron chi connectivity index (χ4n) is 1.61. The third kappa shape index (κ3) is 3.09. The number of aromatic amines is 1. The molecular formula is C14H17N5O. The fraction of sp³-hybridized carbons (Fsp3) is 0.286. The Morgan fingerprint density at radius 1 is 1.20 bits per heavy atom. The third-order valence-corrected chi connectivity index (χ3v) is 3.11. The van der Waals surface area contributed by atoms with E-state index in [4.69, 9.17) is 0 Å². The first-order valence-electron chi connectivity index (χ1n) is 6.29. The summed E-state index contributed by atoms with van der Waals surface area (Å²) in [5.74, 6) is 0.226. The van der Waals surface area contributed by atoms with Gasteiger partial charge in [0.25, 0.3) is 5.56 Å². The summed E-state index contributed by atoms with van der Waals surface area (Å²) in [5.41, 5.74) is 7.02. The molecule has 0 radical (unpaired) electrons. The molecular weight excluding hydrogens is 254 g/mol. The summed E-state index contributed by atoms with van der Waals surface area (Å²) < 4.78 is 0. The minimum Gasteiger partial charge on any atom is -0.288 e. The van der Waals surface area contributed by atoms with Gasteiger partial charge in [0.2, 0.25) is 5.95 Å². The third-order valence-electron chi connectivity index (χ3n) is 3.11. The molecule has 0 saturated carbocycles. The number of rotatable bonds is 3. The molecule has 0 fully saturated rings. The largest absolute Gasteiger partial charge is 0.288 e. The number of benzene rings is 1. The highest BCUT2D eigenvalue weighted by molar-refractivity contribution is 5.99. The van der Waals surface area contributed by atoms with Crippen molar-refractivity contribution in [1.29, 1.82) is 0 Å². The van der Waals surface area contributed by atoms with E-state index in [0.29, 0.717) is 5.69 Å². The van der Waals surface area contributed by atoms with Gasteiger partial charge in [-0.1, -0.05) is 12.1 Å². The number of hydrazone groups is 1. The Labute approximate surface area is 117 Å². The van der Waals surface area contributed by atoms with Gasteiger partial charge in [-0.2, -0.15) is 5.10 Å². The van der Waals surface area contributed by atoms with Crippen LogP contribution in [0, 0.1) is 20.8 Å². The molecule has 2 rings (SSSR count). The molecule has 0 atom stereocenters. The minimum atomic E-state index is -0.276. The van der Waals surface area contributed by atoms with Crippen LogP contribution in [0.3, 0.4) is 0 Å². The van der Waals surface area contributed by atoms with Gasteiger partial charge in [0.1, 0.15) is 5.69 Å². The summed E-state index contributed by atoms with van der Waals surface area (Å²) >= 11 is 0. The standard InChI is InChI=1S/C14H17N5O/c1-8-5-6-12(7-9(8)2)10(3)16-18-14-15-13(20)11(4)17-19-14/h5-7H,1-4H3,(H2,15,18,19,20). The lowest BCUT2D eigenvalue weighted by Crippen LogP contribution is -2.16. The van der Waals surface area contributed by atoms with Crippen LogP contribution in [0.2, 0.25) is 0 Å². The topological polar surface area (TPSA) is 83.0 Å². The first kappa shape index (κ1) is 13.9. The van der Waals surface area contributed by atoms with Crippen LogP contribution < -0.4 is 11.0 Å². The lowest BCUT2D eigenvalue weighted by molar-refractivity contribution is 0.897. The number of hydrogen-bond acceptors (Lipinski definition) is 5. The molecule has 1 aromatic carbocycles. The van der Waals surface area contributed by atoms with Crippen LogP contribution in [0.5, 0.6) is 0 Å². The molecule has 2 aromatic rings. The van der Waals surface area contributed by atoms with Crippen LogP contribution in [-0.4, -0.2) is 20.9 Å². The average Bonchev–Trinajstić information content (AvgIpc) is 2.43. The van der Waals surface area contributed by atoms with Gasteiger partial charge in [-0.25, -0.2) is 5.43 Å². The van der Waals surface area contributed by atoms with Crippen molar-refractivity contribution in [3.05, 3.63) is 50.9 Å². The Hall–Kier alpha value is -2.50. The number of nitrogens with one attached hydrogen (secondary N) is 2. The zero-order valence-electron chi connectivity index (χ0n) is 12.0. The predicted octanol–water partition coefficient (Wildman–Crippen LogP) is 1.93. The molecule has 0 aliphatic rings. The molecule has 2 N–H and O–H groups in total. The van der Waals surface area contributed by atoms with E-state index in [2.05, 4.69) is 51.7 Å². The van der Waals surface area contributed by atoms with Crippen molar-refractivity contribution < 1.29 is 0 Å². The van der Waals surface area contributed by atoms with Crippen LogP contribution >= 0.6 is 0 Å². The number of aryl methyl sites for hydroxylation is 3. The van der Waals surface area contributed by atoms with Gasteiger partial charge in [-0.3, -0.25) is 9.78 Å². The van der Waals surface area contributed by atoms with Crippen LogP contribution in [0.15, 0.2) is 28.1 Å². The molecule has 0 aliphatic heterocycles. The summed E-state index contributed by atoms with van der Waals surface area (Å²) in [4.78, 5) is 13.9. The molecule has 20 heavy (non-hydrogen) atoms. The molecule has 104 valence electrons. The average molecular weight is 271 g/mol. The smallest absolute Gasteiger partial charge is 0.274 e. The number of nitrogens with zero attached hydrogens (tertiary/aromatic N) is 3. The molecule has 0 aliphatic carbocycles. The number of H-pyrrole nitrogens is 1. The maximum atomic E-state index is 11.4. The maximum Gasteiger partial charge on any atom is 0.274 e. The van der Waals surface area contributed by atoms with Crippen LogP contribution in [0.1, 0.15) is 29.3 Å². The first-order chi connectivity index (χ1) is 9.47. The molecule has 0 amide bonds. The molecule has 0 unspecified atom stereocenters. The first-order valence-corrected chi connectivity index (χ1v) is 6.29. The summed E-state index contributed by atoms with van der Waals surface area (Å²) in [7, 11) is 0. The lowest BCUT2D eigenvalue weighted by atomic mass is 10.0. The van der Waals surface area contributed by atoms with Crippen molar-refractivity contribution in [2.24, 2.45) is 5.10 Å². The van der Waals surface area contributed by atoms with E-state index in [9.17, 15) is 4.79 Å². The van der Waals surface area contributed by atoms with Crippen molar-refractivity contribution in [1.82, 2.24) is 15.2 Å². The normalized spacial score (nSPS) is 11.5. The van der Waals surface area contributed by atoms with Crippen LogP contribution in [0.4, 0.5) is 5.95 Å². The second-order valence-corrected chi connectivity index (χ2v) is 4.70. The monoisotopic (exact) mass is 271 g/mol. The molecule has 6 nitrogen and oxygen atoms in total. The highest BCUT2D eigenvalue weighted by Gasteiger charge is 2.02. The van der Waals surface area contributed by atoms with E-state index >= 15 is 0 Å². The Morgan fingerprint density at radius 2 is 1.95 bits per heavy atom. The Morgan fingerprint density at radius 3 is 2.60 bits per heavy atom. The van der Waals surface area contributed by atoms with Gasteiger partial charge in [-0.05, 0) is 50.5 Å². The van der Waals surface area contributed by atoms with Crippen LogP contribution in [0.25, 0.3) is 0 Å². The minimum absolute atomic E-state index is 0.226. The van der Waals surface area contributed by atoms with Gasteiger partial charge in [0, 0.05) is 0 Å². The zero-order chi connectivity index (χ0) is 14.7. The van der Waals surface area contributed by atoms with Gasteiger partial charge in [0.05, 0.1) is 5.71 Å². The zero-order valence-corrected chi connectivity index (χ0v) is 12.0. The highest BCUT2D eigenvalue weighted by atomic mass is 16.1. The van der Waals surface area contributed by atoms with Crippen molar-refractivity contribution in [3.8, 4) is 0 Å². The number of anilines is 1. The van der Waals surface area contributed by atoms with E-state index in [0.717, 1.165) is 11.3 Å². The predicted molar refractivity (Wildman–Crippen MR) is 79.1 cm³/mol. The van der Waals surface area contributed by atoms with E-state index in [1.807, 2.05) is 13.0 Å². The fourth-order valence-corrected chi connectivity index (χ4v) is 1.61. The van der Waals surface area contributed by atoms with Gasteiger partial charge in [0.15, 0.2) is 0 Å². The Kier molecular flexibility index (Phi) is 3.93. The summed E-state index contributed by atoms with van der Waals surface area (Å²) in [6, 6.07) is 6.13. The van der Waals surface area contributed by atoms with E-state index < -0.39 is 0 Å². The Balaban J connectivity index is 2.19. The quantitative estimate of drug-likeness (QED) is 0.660. The van der Waals surface area contributed by atoms with Gasteiger partial charge < -0.3 is 0 Å². The van der Waals surface area contributed by atoms with Gasteiger partial charge in [-0.15, -0.1) is 10.2 Å². The van der Waals surface area contributed by atoms with E-state index in [1.165, 1.54) is 11.1 Å². The number of aromatic nitrogens is 3. The SMILES string of the molecule is CC(=NNc1nnc(C)c(=O)[nH]1)c1ccc(C)c(C)c1. The molecule has 0 bridgehead atoms.